The van der Waals surface area contributed by atoms with Gasteiger partial charge >= 0.3 is 0 Å². The van der Waals surface area contributed by atoms with Gasteiger partial charge in [-0.05, 0) is 25.0 Å². The Labute approximate surface area is 126 Å². The molecule has 0 bridgehead atoms. The molecule has 7 heteroatoms. The van der Waals surface area contributed by atoms with Crippen molar-refractivity contribution in [3.8, 4) is 11.5 Å². The Morgan fingerprint density at radius 2 is 1.32 bits per heavy atom. The van der Waals surface area contributed by atoms with Crippen LogP contribution in [-0.2, 0) is 0 Å². The first-order valence-corrected chi connectivity index (χ1v) is 7.04. The molecular formula is C15H19F5O2. The van der Waals surface area contributed by atoms with Crippen LogP contribution in [0.3, 0.4) is 0 Å². The molecule has 0 radical (unpaired) electrons. The van der Waals surface area contributed by atoms with Crippen LogP contribution < -0.4 is 9.47 Å². The molecule has 0 fully saturated rings. The topological polar surface area (TPSA) is 18.5 Å². The molecule has 1 aromatic rings. The van der Waals surface area contributed by atoms with Gasteiger partial charge in [-0.3, -0.25) is 0 Å². The van der Waals surface area contributed by atoms with Crippen LogP contribution in [0.15, 0.2) is 12.1 Å². The van der Waals surface area contributed by atoms with Gasteiger partial charge < -0.3 is 9.47 Å². The van der Waals surface area contributed by atoms with E-state index in [9.17, 15) is 22.0 Å². The molecule has 0 saturated carbocycles. The first-order chi connectivity index (χ1) is 10.4. The molecule has 0 saturated heterocycles. The van der Waals surface area contributed by atoms with Gasteiger partial charge in [0.15, 0.2) is 11.6 Å². The molecule has 0 aliphatic carbocycles. The molecule has 0 aliphatic rings. The molecule has 2 unspecified atom stereocenters. The number of halogens is 5. The lowest BCUT2D eigenvalue weighted by Crippen LogP contribution is -2.15. The largest absolute Gasteiger partial charge is 0.490 e. The monoisotopic (exact) mass is 326 g/mol. The maximum Gasteiger partial charge on any atom is 0.270 e. The second-order valence-electron chi connectivity index (χ2n) is 4.72. The normalized spacial score (nSPS) is 14.0. The van der Waals surface area contributed by atoms with Crippen molar-refractivity contribution < 1.29 is 31.4 Å². The lowest BCUT2D eigenvalue weighted by atomic mass is 10.1. The van der Waals surface area contributed by atoms with Gasteiger partial charge in [0.2, 0.25) is 0 Å². The van der Waals surface area contributed by atoms with Crippen LogP contribution in [0.5, 0.6) is 11.5 Å². The molecule has 1 aromatic carbocycles. The Balaban J connectivity index is 2.94. The van der Waals surface area contributed by atoms with Crippen LogP contribution in [0, 0.1) is 5.82 Å². The van der Waals surface area contributed by atoms with Crippen LogP contribution in [0.1, 0.15) is 38.7 Å². The van der Waals surface area contributed by atoms with E-state index in [1.54, 1.807) is 13.8 Å². The molecule has 0 spiro atoms. The third kappa shape index (κ3) is 5.03. The van der Waals surface area contributed by atoms with E-state index in [-0.39, 0.29) is 12.8 Å². The summed E-state index contributed by atoms with van der Waals surface area (Å²) in [5, 5.41) is 0. The summed E-state index contributed by atoms with van der Waals surface area (Å²) in [6, 6.07) is 2.14. The quantitative estimate of drug-likeness (QED) is 0.593. The molecule has 0 N–H and O–H groups in total. The smallest absolute Gasteiger partial charge is 0.270 e. The molecule has 22 heavy (non-hydrogen) atoms. The minimum atomic E-state index is -3.16. The summed E-state index contributed by atoms with van der Waals surface area (Å²) >= 11 is 0. The van der Waals surface area contributed by atoms with Crippen molar-refractivity contribution in [2.24, 2.45) is 0 Å². The van der Waals surface area contributed by atoms with Gasteiger partial charge in [0, 0.05) is 0 Å². The summed E-state index contributed by atoms with van der Waals surface area (Å²) in [6.07, 6.45) is -5.49. The van der Waals surface area contributed by atoms with Gasteiger partial charge in [0.05, 0.1) is 5.56 Å². The molecule has 0 amide bonds. The standard InChI is InChI=1S/C15H19F5O2/c1-3-9(16)7-21-11-5-6-12(22-8-10(17)4-2)14(18)13(11)15(19)20/h5-6,9-10,15H,3-4,7-8H2,1-2H3. The number of benzene rings is 1. The summed E-state index contributed by atoms with van der Waals surface area (Å²) in [4.78, 5) is 0. The number of hydrogen-bond donors (Lipinski definition) is 0. The fourth-order valence-corrected chi connectivity index (χ4v) is 1.59. The van der Waals surface area contributed by atoms with Gasteiger partial charge in [0.25, 0.3) is 6.43 Å². The average molecular weight is 326 g/mol. The van der Waals surface area contributed by atoms with Crippen molar-refractivity contribution in [2.45, 2.75) is 45.5 Å². The summed E-state index contributed by atoms with van der Waals surface area (Å²) in [6.45, 7) is 2.27. The Morgan fingerprint density at radius 3 is 1.77 bits per heavy atom. The molecule has 0 heterocycles. The zero-order valence-electron chi connectivity index (χ0n) is 12.4. The van der Waals surface area contributed by atoms with Crippen molar-refractivity contribution in [3.05, 3.63) is 23.5 Å². The van der Waals surface area contributed by atoms with E-state index in [1.165, 1.54) is 0 Å². The Bertz CT molecular complexity index is 467. The average Bonchev–Trinajstić information content (AvgIpc) is 2.50. The van der Waals surface area contributed by atoms with Gasteiger partial charge in [0.1, 0.15) is 31.3 Å². The predicted molar refractivity (Wildman–Crippen MR) is 72.7 cm³/mol. The zero-order chi connectivity index (χ0) is 16.7. The molecule has 0 aromatic heterocycles. The molecule has 0 aliphatic heterocycles. The van der Waals surface area contributed by atoms with Crippen LogP contribution in [0.4, 0.5) is 22.0 Å². The summed E-state index contributed by atoms with van der Waals surface area (Å²) in [5.74, 6) is -2.24. The Hall–Kier alpha value is -1.53. The van der Waals surface area contributed by atoms with E-state index >= 15 is 0 Å². The van der Waals surface area contributed by atoms with Gasteiger partial charge in [-0.2, -0.15) is 0 Å². The summed E-state index contributed by atoms with van der Waals surface area (Å²) in [5.41, 5.74) is -1.01. The highest BCUT2D eigenvalue weighted by Gasteiger charge is 2.24. The van der Waals surface area contributed by atoms with E-state index in [2.05, 4.69) is 0 Å². The SMILES string of the molecule is CCC(F)COc1ccc(OCC(F)CC)c(C(F)F)c1F. The van der Waals surface area contributed by atoms with E-state index in [0.29, 0.717) is 0 Å². The van der Waals surface area contributed by atoms with E-state index < -0.39 is 54.9 Å². The number of rotatable bonds is 9. The van der Waals surface area contributed by atoms with E-state index in [0.717, 1.165) is 12.1 Å². The van der Waals surface area contributed by atoms with Crippen LogP contribution >= 0.6 is 0 Å². The minimum absolute atomic E-state index is 0.155. The maximum atomic E-state index is 14.0. The highest BCUT2D eigenvalue weighted by molar-refractivity contribution is 5.43. The third-order valence-corrected chi connectivity index (χ3v) is 3.05. The summed E-state index contributed by atoms with van der Waals surface area (Å²) in [7, 11) is 0. The van der Waals surface area contributed by atoms with E-state index in [1.807, 2.05) is 0 Å². The zero-order valence-corrected chi connectivity index (χ0v) is 12.4. The molecule has 2 atom stereocenters. The summed E-state index contributed by atoms with van der Waals surface area (Å²) < 4.78 is 76.0. The molecule has 126 valence electrons. The Morgan fingerprint density at radius 1 is 0.864 bits per heavy atom. The van der Waals surface area contributed by atoms with E-state index in [4.69, 9.17) is 9.47 Å². The maximum absolute atomic E-state index is 14.0. The molecule has 2 nitrogen and oxygen atoms in total. The highest BCUT2D eigenvalue weighted by Crippen LogP contribution is 2.36. The molecular weight excluding hydrogens is 307 g/mol. The highest BCUT2D eigenvalue weighted by atomic mass is 19.3. The predicted octanol–water partition coefficient (Wildman–Crippen LogP) is 5.02. The second kappa shape index (κ2) is 8.80. The number of alkyl halides is 4. The molecule has 1 rings (SSSR count). The fourth-order valence-electron chi connectivity index (χ4n) is 1.59. The number of hydrogen-bond acceptors (Lipinski definition) is 2. The lowest BCUT2D eigenvalue weighted by Gasteiger charge is -2.16. The van der Waals surface area contributed by atoms with Gasteiger partial charge in [-0.15, -0.1) is 0 Å². The van der Waals surface area contributed by atoms with Crippen molar-refractivity contribution in [1.82, 2.24) is 0 Å². The first-order valence-electron chi connectivity index (χ1n) is 7.04. The van der Waals surface area contributed by atoms with Crippen molar-refractivity contribution in [2.75, 3.05) is 13.2 Å². The van der Waals surface area contributed by atoms with Gasteiger partial charge in [-0.1, -0.05) is 13.8 Å². The van der Waals surface area contributed by atoms with Crippen molar-refractivity contribution >= 4 is 0 Å². The first kappa shape index (κ1) is 18.5. The minimum Gasteiger partial charge on any atom is -0.490 e. The van der Waals surface area contributed by atoms with Gasteiger partial charge in [-0.25, -0.2) is 22.0 Å². The Kier molecular flexibility index (Phi) is 7.41. The number of ether oxygens (including phenoxy) is 2. The fraction of sp³-hybridized carbons (Fsp3) is 0.600. The van der Waals surface area contributed by atoms with Crippen molar-refractivity contribution in [1.29, 1.82) is 0 Å². The third-order valence-electron chi connectivity index (χ3n) is 3.05. The van der Waals surface area contributed by atoms with Crippen LogP contribution in [-0.4, -0.2) is 25.6 Å². The lowest BCUT2D eigenvalue weighted by molar-refractivity contribution is 0.130. The van der Waals surface area contributed by atoms with Crippen LogP contribution in [0.25, 0.3) is 0 Å². The van der Waals surface area contributed by atoms with Crippen molar-refractivity contribution in [3.63, 3.8) is 0 Å². The van der Waals surface area contributed by atoms with Crippen LogP contribution in [0.2, 0.25) is 0 Å². The second-order valence-corrected chi connectivity index (χ2v) is 4.72.